The zero-order chi connectivity index (χ0) is 20.3. The van der Waals surface area contributed by atoms with Crippen LogP contribution in [0.4, 0.5) is 5.69 Å². The molecule has 0 aliphatic carbocycles. The van der Waals surface area contributed by atoms with Gasteiger partial charge in [-0.15, -0.1) is 0 Å². The summed E-state index contributed by atoms with van der Waals surface area (Å²) in [7, 11) is -3.55. The van der Waals surface area contributed by atoms with Crippen molar-refractivity contribution in [2.24, 2.45) is 0 Å². The van der Waals surface area contributed by atoms with E-state index in [0.717, 1.165) is 11.3 Å². The van der Waals surface area contributed by atoms with Gasteiger partial charge in [-0.05, 0) is 47.5 Å². The average Bonchev–Trinajstić information content (AvgIpc) is 3.23. The standard InChI is InChI=1S/C22H19N3O3S/c23-18-6-2-7-19(11-18)28-20-8-3-9-21(12-20)29(26,27)14-16-4-1-5-17(10-16)22-13-24-15-25-22/h1-13,15H,14,23H2,(H,24,25). The Balaban J connectivity index is 1.57. The van der Waals surface area contributed by atoms with E-state index in [-0.39, 0.29) is 10.6 Å². The van der Waals surface area contributed by atoms with Gasteiger partial charge in [-0.3, -0.25) is 0 Å². The summed E-state index contributed by atoms with van der Waals surface area (Å²) < 4.78 is 31.7. The average molecular weight is 405 g/mol. The lowest BCUT2D eigenvalue weighted by Gasteiger charge is -2.10. The third-order valence-electron chi connectivity index (χ3n) is 4.35. The van der Waals surface area contributed by atoms with Crippen molar-refractivity contribution in [3.63, 3.8) is 0 Å². The maximum absolute atomic E-state index is 13.0. The molecule has 4 rings (SSSR count). The summed E-state index contributed by atoms with van der Waals surface area (Å²) in [4.78, 5) is 7.23. The number of aromatic amines is 1. The van der Waals surface area contributed by atoms with Crippen LogP contribution < -0.4 is 10.5 Å². The predicted octanol–water partition coefficient (Wildman–Crippen LogP) is 4.43. The molecule has 4 aromatic rings. The second-order valence-corrected chi connectivity index (χ2v) is 8.56. The second kappa shape index (κ2) is 7.81. The van der Waals surface area contributed by atoms with Crippen LogP contribution in [0.5, 0.6) is 11.5 Å². The number of nitrogens with two attached hydrogens (primary N) is 1. The first-order chi connectivity index (χ1) is 14.0. The molecule has 0 saturated carbocycles. The van der Waals surface area contributed by atoms with Gasteiger partial charge in [0.25, 0.3) is 0 Å². The van der Waals surface area contributed by atoms with Crippen LogP contribution in [0, 0.1) is 0 Å². The van der Waals surface area contributed by atoms with Crippen molar-refractivity contribution in [3.8, 4) is 22.8 Å². The third-order valence-corrected chi connectivity index (χ3v) is 6.04. The van der Waals surface area contributed by atoms with Gasteiger partial charge >= 0.3 is 0 Å². The van der Waals surface area contributed by atoms with Crippen LogP contribution in [0.2, 0.25) is 0 Å². The molecular weight excluding hydrogens is 386 g/mol. The van der Waals surface area contributed by atoms with Crippen molar-refractivity contribution in [3.05, 3.63) is 90.9 Å². The van der Waals surface area contributed by atoms with Crippen LogP contribution in [-0.4, -0.2) is 18.4 Å². The molecule has 6 nitrogen and oxygen atoms in total. The fraction of sp³-hybridized carbons (Fsp3) is 0.0455. The van der Waals surface area contributed by atoms with Crippen molar-refractivity contribution < 1.29 is 13.2 Å². The summed E-state index contributed by atoms with van der Waals surface area (Å²) in [5.74, 6) is 0.867. The van der Waals surface area contributed by atoms with Crippen LogP contribution in [0.25, 0.3) is 11.3 Å². The molecule has 1 heterocycles. The zero-order valence-corrected chi connectivity index (χ0v) is 16.3. The highest BCUT2D eigenvalue weighted by atomic mass is 32.2. The van der Waals surface area contributed by atoms with E-state index in [4.69, 9.17) is 10.5 Å². The highest BCUT2D eigenvalue weighted by molar-refractivity contribution is 7.90. The molecule has 3 aromatic carbocycles. The molecule has 0 saturated heterocycles. The van der Waals surface area contributed by atoms with Gasteiger partial charge in [-0.25, -0.2) is 13.4 Å². The van der Waals surface area contributed by atoms with E-state index >= 15 is 0 Å². The monoisotopic (exact) mass is 405 g/mol. The van der Waals surface area contributed by atoms with E-state index in [0.29, 0.717) is 22.7 Å². The number of rotatable bonds is 6. The number of hydrogen-bond donors (Lipinski definition) is 2. The van der Waals surface area contributed by atoms with Crippen molar-refractivity contribution in [2.45, 2.75) is 10.6 Å². The lowest BCUT2D eigenvalue weighted by atomic mass is 10.1. The van der Waals surface area contributed by atoms with Gasteiger partial charge in [0.2, 0.25) is 0 Å². The van der Waals surface area contributed by atoms with Gasteiger partial charge in [-0.1, -0.05) is 30.3 Å². The summed E-state index contributed by atoms with van der Waals surface area (Å²) in [6.07, 6.45) is 3.29. The largest absolute Gasteiger partial charge is 0.457 e. The fourth-order valence-electron chi connectivity index (χ4n) is 2.99. The number of nitrogens with zero attached hydrogens (tertiary/aromatic N) is 1. The van der Waals surface area contributed by atoms with Crippen molar-refractivity contribution >= 4 is 15.5 Å². The molecule has 0 aliphatic heterocycles. The smallest absolute Gasteiger partial charge is 0.182 e. The minimum Gasteiger partial charge on any atom is -0.457 e. The Bertz CT molecular complexity index is 1240. The maximum atomic E-state index is 13.0. The van der Waals surface area contributed by atoms with Crippen molar-refractivity contribution in [1.82, 2.24) is 9.97 Å². The first-order valence-corrected chi connectivity index (χ1v) is 10.6. The number of imidazole rings is 1. The molecule has 0 spiro atoms. The van der Waals surface area contributed by atoms with Crippen LogP contribution >= 0.6 is 0 Å². The van der Waals surface area contributed by atoms with Gasteiger partial charge < -0.3 is 15.5 Å². The van der Waals surface area contributed by atoms with Crippen LogP contribution in [-0.2, 0) is 15.6 Å². The normalized spacial score (nSPS) is 11.3. The van der Waals surface area contributed by atoms with Gasteiger partial charge in [0.15, 0.2) is 9.84 Å². The van der Waals surface area contributed by atoms with Crippen LogP contribution in [0.1, 0.15) is 5.56 Å². The number of benzene rings is 3. The minimum atomic E-state index is -3.55. The molecule has 0 bridgehead atoms. The van der Waals surface area contributed by atoms with E-state index in [2.05, 4.69) is 9.97 Å². The lowest BCUT2D eigenvalue weighted by molar-refractivity contribution is 0.481. The van der Waals surface area contributed by atoms with Crippen molar-refractivity contribution in [1.29, 1.82) is 0 Å². The van der Waals surface area contributed by atoms with E-state index < -0.39 is 9.84 Å². The van der Waals surface area contributed by atoms with Crippen molar-refractivity contribution in [2.75, 3.05) is 5.73 Å². The number of aromatic nitrogens is 2. The number of nitrogens with one attached hydrogen (secondary N) is 1. The fourth-order valence-corrected chi connectivity index (χ4v) is 4.36. The minimum absolute atomic E-state index is 0.114. The molecule has 29 heavy (non-hydrogen) atoms. The summed E-state index contributed by atoms with van der Waals surface area (Å²) in [6.45, 7) is 0. The number of H-pyrrole nitrogens is 1. The Morgan fingerprint density at radius 2 is 1.69 bits per heavy atom. The molecule has 0 radical (unpaired) electrons. The Kier molecular flexibility index (Phi) is 5.05. The van der Waals surface area contributed by atoms with Gasteiger partial charge in [-0.2, -0.15) is 0 Å². The Hall–Kier alpha value is -3.58. The van der Waals surface area contributed by atoms with Gasteiger partial charge in [0.1, 0.15) is 11.5 Å². The summed E-state index contributed by atoms with van der Waals surface area (Å²) in [5, 5.41) is 0. The van der Waals surface area contributed by atoms with Crippen LogP contribution in [0.15, 0.2) is 90.2 Å². The van der Waals surface area contributed by atoms with Crippen LogP contribution in [0.3, 0.4) is 0 Å². The molecule has 146 valence electrons. The predicted molar refractivity (Wildman–Crippen MR) is 112 cm³/mol. The van der Waals surface area contributed by atoms with Gasteiger partial charge in [0, 0.05) is 11.8 Å². The Morgan fingerprint density at radius 3 is 2.45 bits per heavy atom. The Morgan fingerprint density at radius 1 is 0.931 bits per heavy atom. The van der Waals surface area contributed by atoms with E-state index in [1.54, 1.807) is 61.1 Å². The summed E-state index contributed by atoms with van der Waals surface area (Å²) in [5.41, 5.74) is 8.75. The highest BCUT2D eigenvalue weighted by Gasteiger charge is 2.17. The highest BCUT2D eigenvalue weighted by Crippen LogP contribution is 2.27. The number of hydrogen-bond acceptors (Lipinski definition) is 5. The molecular formula is C22H19N3O3S. The molecule has 0 fully saturated rings. The maximum Gasteiger partial charge on any atom is 0.182 e. The zero-order valence-electron chi connectivity index (χ0n) is 15.4. The summed E-state index contributed by atoms with van der Waals surface area (Å²) in [6, 6.07) is 20.8. The quantitative estimate of drug-likeness (QED) is 0.463. The molecule has 0 atom stereocenters. The Labute approximate surface area is 168 Å². The van der Waals surface area contributed by atoms with E-state index in [1.807, 2.05) is 18.2 Å². The van der Waals surface area contributed by atoms with Gasteiger partial charge in [0.05, 0.1) is 28.9 Å². The topological polar surface area (TPSA) is 98.1 Å². The SMILES string of the molecule is Nc1cccc(Oc2cccc(S(=O)(=O)Cc3cccc(-c4cnc[nH]4)c3)c2)c1. The molecule has 0 aliphatic rings. The molecule has 1 aromatic heterocycles. The number of ether oxygens (including phenoxy) is 1. The molecule has 0 unspecified atom stereocenters. The summed E-state index contributed by atoms with van der Waals surface area (Å²) >= 11 is 0. The first-order valence-electron chi connectivity index (χ1n) is 8.93. The lowest BCUT2D eigenvalue weighted by Crippen LogP contribution is -2.05. The molecule has 0 amide bonds. The second-order valence-electron chi connectivity index (χ2n) is 6.57. The van der Waals surface area contributed by atoms with E-state index in [9.17, 15) is 8.42 Å². The molecule has 7 heteroatoms. The number of nitrogen functional groups attached to an aromatic ring is 1. The first kappa shape index (κ1) is 18.8. The number of sulfone groups is 1. The third kappa shape index (κ3) is 4.47. The number of anilines is 1. The van der Waals surface area contributed by atoms with E-state index in [1.165, 1.54) is 6.07 Å². The molecule has 3 N–H and O–H groups in total.